The summed E-state index contributed by atoms with van der Waals surface area (Å²) >= 11 is 0. The Morgan fingerprint density at radius 2 is 0.889 bits per heavy atom. The molecule has 0 saturated carbocycles. The number of esters is 4. The number of carbonyl (C=O) groups excluding carboxylic acids is 4. The van der Waals surface area contributed by atoms with Crippen LogP contribution < -0.4 is 18.9 Å². The highest BCUT2D eigenvalue weighted by molar-refractivity contribution is 5.92. The maximum atomic E-state index is 12.5. The fraction of sp³-hybridized carbons (Fsp3) is 0.0968. The average molecular weight is 615 g/mol. The fourth-order valence-corrected chi connectivity index (χ4v) is 3.65. The maximum Gasteiger partial charge on any atom is 0.343 e. The summed E-state index contributed by atoms with van der Waals surface area (Å²) in [5, 5.41) is 21.5. The minimum absolute atomic E-state index is 0.111. The molecule has 0 bridgehead atoms. The van der Waals surface area contributed by atoms with E-state index < -0.39 is 39.6 Å². The highest BCUT2D eigenvalue weighted by Gasteiger charge is 2.21. The van der Waals surface area contributed by atoms with Crippen molar-refractivity contribution in [2.45, 2.75) is 13.3 Å². The van der Waals surface area contributed by atoms with Crippen LogP contribution in [0.4, 0.5) is 11.4 Å². The quantitative estimate of drug-likeness (QED) is 0.0896. The minimum Gasteiger partial charge on any atom is -0.427 e. The molecule has 4 aromatic rings. The number of non-ortho nitro benzene ring substituents is 2. The molecule has 4 rings (SSSR count). The zero-order chi connectivity index (χ0) is 32.5. The Kier molecular flexibility index (Phi) is 9.90. The van der Waals surface area contributed by atoms with Crippen molar-refractivity contribution in [1.29, 1.82) is 0 Å². The Labute approximate surface area is 254 Å². The summed E-state index contributed by atoms with van der Waals surface area (Å²) in [5.41, 5.74) is -0.0343. The predicted octanol–water partition coefficient (Wildman–Crippen LogP) is 5.48. The summed E-state index contributed by atoms with van der Waals surface area (Å²) in [6, 6.07) is 20.8. The van der Waals surface area contributed by atoms with Crippen LogP contribution in [0.2, 0.25) is 0 Å². The summed E-state index contributed by atoms with van der Waals surface area (Å²) in [4.78, 5) is 69.9. The highest BCUT2D eigenvalue weighted by Crippen LogP contribution is 2.22. The third-order valence-electron chi connectivity index (χ3n) is 6.02. The van der Waals surface area contributed by atoms with E-state index in [1.165, 1.54) is 104 Å². The first-order chi connectivity index (χ1) is 21.5. The molecule has 0 radical (unpaired) electrons. The molecule has 0 heterocycles. The van der Waals surface area contributed by atoms with Gasteiger partial charge in [-0.2, -0.15) is 0 Å². The third kappa shape index (κ3) is 8.78. The fourth-order valence-electron chi connectivity index (χ4n) is 3.65. The first-order valence-corrected chi connectivity index (χ1v) is 13.0. The lowest BCUT2D eigenvalue weighted by Gasteiger charge is -2.11. The van der Waals surface area contributed by atoms with Gasteiger partial charge < -0.3 is 18.9 Å². The van der Waals surface area contributed by atoms with Crippen molar-refractivity contribution in [3.8, 4) is 23.0 Å². The lowest BCUT2D eigenvalue weighted by atomic mass is 10.1. The number of rotatable bonds is 11. The number of ether oxygens (including phenoxy) is 4. The monoisotopic (exact) mass is 614 g/mol. The SMILES string of the molecule is CC(CC(=O)Oc1ccc(C(=O)Oc2ccc([N+](=O)[O-])cc2)cc1)C(=O)Oc1ccc(C(=O)Oc2ccc([N+](=O)[O-])cc2)cc1. The third-order valence-corrected chi connectivity index (χ3v) is 6.02. The number of nitrogens with zero attached hydrogens (tertiary/aromatic N) is 2. The Balaban J connectivity index is 1.23. The van der Waals surface area contributed by atoms with E-state index in [1.807, 2.05) is 0 Å². The number of hydrogen-bond acceptors (Lipinski definition) is 12. The van der Waals surface area contributed by atoms with Gasteiger partial charge in [-0.3, -0.25) is 29.8 Å². The molecule has 1 atom stereocenters. The van der Waals surface area contributed by atoms with E-state index in [0.29, 0.717) is 0 Å². The van der Waals surface area contributed by atoms with Crippen molar-refractivity contribution in [3.05, 3.63) is 128 Å². The topological polar surface area (TPSA) is 191 Å². The number of nitro groups is 2. The van der Waals surface area contributed by atoms with Crippen LogP contribution in [0, 0.1) is 26.1 Å². The van der Waals surface area contributed by atoms with Gasteiger partial charge in [0.1, 0.15) is 23.0 Å². The van der Waals surface area contributed by atoms with Gasteiger partial charge in [0, 0.05) is 24.3 Å². The molecule has 0 fully saturated rings. The summed E-state index contributed by atoms with van der Waals surface area (Å²) in [6.45, 7) is 1.47. The predicted molar refractivity (Wildman–Crippen MR) is 154 cm³/mol. The Hall–Kier alpha value is -6.44. The highest BCUT2D eigenvalue weighted by atomic mass is 16.6. The zero-order valence-corrected chi connectivity index (χ0v) is 23.3. The Morgan fingerprint density at radius 1 is 0.556 bits per heavy atom. The molecule has 228 valence electrons. The second-order valence-electron chi connectivity index (χ2n) is 9.33. The van der Waals surface area contributed by atoms with Gasteiger partial charge in [-0.05, 0) is 72.8 Å². The second kappa shape index (κ2) is 14.2. The Morgan fingerprint density at radius 3 is 1.27 bits per heavy atom. The van der Waals surface area contributed by atoms with Gasteiger partial charge in [0.25, 0.3) is 11.4 Å². The van der Waals surface area contributed by atoms with E-state index in [0.717, 1.165) is 0 Å². The van der Waals surface area contributed by atoms with E-state index in [1.54, 1.807) is 0 Å². The van der Waals surface area contributed by atoms with E-state index >= 15 is 0 Å². The van der Waals surface area contributed by atoms with Gasteiger partial charge in [0.15, 0.2) is 0 Å². The maximum absolute atomic E-state index is 12.5. The van der Waals surface area contributed by atoms with Crippen LogP contribution >= 0.6 is 0 Å². The van der Waals surface area contributed by atoms with Crippen LogP contribution in [0.5, 0.6) is 23.0 Å². The van der Waals surface area contributed by atoms with Crippen LogP contribution in [-0.4, -0.2) is 33.7 Å². The Bertz CT molecular complexity index is 1730. The van der Waals surface area contributed by atoms with E-state index in [-0.39, 0.29) is 51.9 Å². The summed E-state index contributed by atoms with van der Waals surface area (Å²) in [5.74, 6) is -3.35. The van der Waals surface area contributed by atoms with E-state index in [9.17, 15) is 39.4 Å². The molecule has 0 N–H and O–H groups in total. The molecule has 0 spiro atoms. The van der Waals surface area contributed by atoms with Crippen molar-refractivity contribution >= 4 is 35.3 Å². The summed E-state index contributed by atoms with van der Waals surface area (Å²) in [6.07, 6.45) is -0.317. The van der Waals surface area contributed by atoms with Gasteiger partial charge in [-0.1, -0.05) is 6.92 Å². The summed E-state index contributed by atoms with van der Waals surface area (Å²) in [7, 11) is 0. The van der Waals surface area contributed by atoms with Gasteiger partial charge in [-0.15, -0.1) is 0 Å². The number of carbonyl (C=O) groups is 4. The van der Waals surface area contributed by atoms with Gasteiger partial charge in [0.2, 0.25) is 0 Å². The van der Waals surface area contributed by atoms with Gasteiger partial charge in [-0.25, -0.2) is 9.59 Å². The van der Waals surface area contributed by atoms with Crippen LogP contribution in [0.15, 0.2) is 97.1 Å². The standard InChI is InChI=1S/C31H22N2O12/c1-19(29(35)43-25-12-4-21(5-13-25)31(37)45-27-16-8-23(9-17-27)33(40)41)18-28(34)42-24-10-2-20(3-11-24)30(36)44-26-14-6-22(7-15-26)32(38)39/h2-17,19H,18H2,1H3. The molecule has 1 unspecified atom stereocenters. The molecule has 0 saturated heterocycles. The molecule has 4 aromatic carbocycles. The molecule has 45 heavy (non-hydrogen) atoms. The number of hydrogen-bond donors (Lipinski definition) is 0. The molecule has 0 aromatic heterocycles. The van der Waals surface area contributed by atoms with Crippen LogP contribution in [0.1, 0.15) is 34.1 Å². The minimum atomic E-state index is -0.889. The molecular formula is C31H22N2O12. The van der Waals surface area contributed by atoms with Crippen molar-refractivity contribution in [2.75, 3.05) is 0 Å². The molecule has 0 aliphatic rings. The molecular weight excluding hydrogens is 592 g/mol. The first kappa shape index (κ1) is 31.5. The average Bonchev–Trinajstić information content (AvgIpc) is 3.02. The lowest BCUT2D eigenvalue weighted by Crippen LogP contribution is -2.23. The number of benzene rings is 4. The van der Waals surface area contributed by atoms with Crippen molar-refractivity contribution < 1.29 is 48.0 Å². The molecule has 0 aliphatic heterocycles. The van der Waals surface area contributed by atoms with Crippen molar-refractivity contribution in [1.82, 2.24) is 0 Å². The molecule has 14 heteroatoms. The van der Waals surface area contributed by atoms with Crippen LogP contribution in [-0.2, 0) is 9.59 Å². The molecule has 0 amide bonds. The van der Waals surface area contributed by atoms with Gasteiger partial charge in [0.05, 0.1) is 33.3 Å². The van der Waals surface area contributed by atoms with Crippen molar-refractivity contribution in [2.24, 2.45) is 5.92 Å². The van der Waals surface area contributed by atoms with Crippen molar-refractivity contribution in [3.63, 3.8) is 0 Å². The molecule has 14 nitrogen and oxygen atoms in total. The first-order valence-electron chi connectivity index (χ1n) is 13.0. The second-order valence-corrected chi connectivity index (χ2v) is 9.33. The molecule has 0 aliphatic carbocycles. The smallest absolute Gasteiger partial charge is 0.343 e. The normalized spacial score (nSPS) is 11.0. The lowest BCUT2D eigenvalue weighted by molar-refractivity contribution is -0.385. The van der Waals surface area contributed by atoms with E-state index in [2.05, 4.69) is 0 Å². The van der Waals surface area contributed by atoms with Crippen LogP contribution in [0.25, 0.3) is 0 Å². The zero-order valence-electron chi connectivity index (χ0n) is 23.3. The largest absolute Gasteiger partial charge is 0.427 e. The van der Waals surface area contributed by atoms with Gasteiger partial charge >= 0.3 is 23.9 Å². The van der Waals surface area contributed by atoms with E-state index in [4.69, 9.17) is 18.9 Å². The summed E-state index contributed by atoms with van der Waals surface area (Å²) < 4.78 is 20.9. The number of nitro benzene ring substituents is 2. The van der Waals surface area contributed by atoms with Crippen LogP contribution in [0.3, 0.4) is 0 Å².